The first-order valence-electron chi connectivity index (χ1n) is 9.20. The molecule has 2 aromatic carbocycles. The third kappa shape index (κ3) is 4.56. The molecule has 1 amide bonds. The number of amides is 1. The fraction of sp³-hybridized carbons (Fsp3) is 0.350. The van der Waals surface area contributed by atoms with Gasteiger partial charge in [0, 0.05) is 13.1 Å². The summed E-state index contributed by atoms with van der Waals surface area (Å²) in [4.78, 5) is 33.7. The monoisotopic (exact) mass is 420 g/mol. The lowest BCUT2D eigenvalue weighted by Crippen LogP contribution is -2.51. The number of hydrogen-bond acceptors (Lipinski definition) is 5. The van der Waals surface area contributed by atoms with Crippen molar-refractivity contribution in [3.8, 4) is 11.5 Å². The van der Waals surface area contributed by atoms with Crippen molar-refractivity contribution in [3.05, 3.63) is 54.1 Å². The number of anilines is 1. The average Bonchev–Trinajstić information content (AvgIpc) is 2.72. The Kier molecular flexibility index (Phi) is 6.17. The quantitative estimate of drug-likeness (QED) is 0.616. The minimum absolute atomic E-state index is 0.379. The average molecular weight is 420 g/mol. The molecule has 3 N–H and O–H groups in total. The molecule has 9 heteroatoms. The normalized spacial score (nSPS) is 16.2. The largest absolute Gasteiger partial charge is 0.497 e. The van der Waals surface area contributed by atoms with Gasteiger partial charge in [0.25, 0.3) is 0 Å². The molecule has 3 rings (SSSR count). The van der Waals surface area contributed by atoms with Crippen molar-refractivity contribution in [1.29, 1.82) is 0 Å². The number of rotatable bonds is 6. The van der Waals surface area contributed by atoms with Gasteiger partial charge < -0.3 is 24.2 Å². The van der Waals surface area contributed by atoms with E-state index in [9.17, 15) is 19.1 Å². The van der Waals surface area contributed by atoms with E-state index in [1.165, 1.54) is 7.11 Å². The van der Waals surface area contributed by atoms with Gasteiger partial charge in [-0.1, -0.05) is 24.3 Å². The maximum absolute atomic E-state index is 13.0. The van der Waals surface area contributed by atoms with Gasteiger partial charge in [-0.3, -0.25) is 9.88 Å². The maximum atomic E-state index is 13.0. The highest BCUT2D eigenvalue weighted by atomic mass is 31.2. The van der Waals surface area contributed by atoms with Crippen LogP contribution >= 0.6 is 7.75 Å². The fourth-order valence-electron chi connectivity index (χ4n) is 3.83. The Morgan fingerprint density at radius 3 is 2.38 bits per heavy atom. The second kappa shape index (κ2) is 8.45. The van der Waals surface area contributed by atoms with Gasteiger partial charge in [-0.2, -0.15) is 0 Å². The van der Waals surface area contributed by atoms with Crippen molar-refractivity contribution < 1.29 is 28.6 Å². The summed E-state index contributed by atoms with van der Waals surface area (Å²) >= 11 is 0. The van der Waals surface area contributed by atoms with Crippen LogP contribution in [0.25, 0.3) is 0 Å². The molecule has 0 bridgehead atoms. The Morgan fingerprint density at radius 1 is 1.07 bits per heavy atom. The topological polar surface area (TPSA) is 108 Å². The zero-order valence-corrected chi connectivity index (χ0v) is 17.3. The summed E-state index contributed by atoms with van der Waals surface area (Å²) in [6.45, 7) is 1.04. The Balaban J connectivity index is 1.94. The molecule has 1 aliphatic heterocycles. The zero-order chi connectivity index (χ0) is 21.1. The van der Waals surface area contributed by atoms with E-state index in [1.807, 2.05) is 29.4 Å². The Morgan fingerprint density at radius 2 is 1.76 bits per heavy atom. The molecule has 1 heterocycles. The van der Waals surface area contributed by atoms with Crippen LogP contribution < -0.4 is 19.5 Å². The van der Waals surface area contributed by atoms with Crippen LogP contribution in [0.3, 0.4) is 0 Å². The molecule has 0 aliphatic carbocycles. The van der Waals surface area contributed by atoms with Crippen LogP contribution in [-0.2, 0) is 14.8 Å². The second-order valence-electron chi connectivity index (χ2n) is 6.96. The summed E-state index contributed by atoms with van der Waals surface area (Å²) in [6, 6.07) is 14.7. The number of carbonyl (C=O) groups is 1. The van der Waals surface area contributed by atoms with Gasteiger partial charge in [0.05, 0.1) is 25.3 Å². The van der Waals surface area contributed by atoms with E-state index in [-0.39, 0.29) is 0 Å². The maximum Gasteiger partial charge on any atom is 0.429 e. The molecule has 0 saturated carbocycles. The third-order valence-electron chi connectivity index (χ3n) is 5.35. The van der Waals surface area contributed by atoms with E-state index in [0.717, 1.165) is 11.4 Å². The number of methoxy groups -OCH3 is 2. The number of ether oxygens (including phenoxy) is 2. The van der Waals surface area contributed by atoms with Crippen molar-refractivity contribution in [2.75, 3.05) is 32.2 Å². The number of piperidine rings is 1. The van der Waals surface area contributed by atoms with Crippen molar-refractivity contribution >= 4 is 19.3 Å². The molecule has 0 spiro atoms. The highest BCUT2D eigenvalue weighted by Crippen LogP contribution is 2.42. The van der Waals surface area contributed by atoms with Crippen molar-refractivity contribution in [2.45, 2.75) is 18.3 Å². The minimum atomic E-state index is -4.72. The van der Waals surface area contributed by atoms with E-state index in [0.29, 0.717) is 37.2 Å². The van der Waals surface area contributed by atoms with Gasteiger partial charge in [-0.15, -0.1) is 0 Å². The van der Waals surface area contributed by atoms with Crippen molar-refractivity contribution in [1.82, 2.24) is 5.09 Å². The number of benzene rings is 2. The molecule has 8 nitrogen and oxygen atoms in total. The Bertz CT molecular complexity index is 921. The molecule has 2 aromatic rings. The third-order valence-corrected chi connectivity index (χ3v) is 5.84. The second-order valence-corrected chi connectivity index (χ2v) is 8.27. The summed E-state index contributed by atoms with van der Waals surface area (Å²) in [7, 11) is -1.58. The Hall–Kier alpha value is -2.54. The number of carbonyl (C=O) groups excluding carboxylic acids is 1. The smallest absolute Gasteiger partial charge is 0.429 e. The fourth-order valence-corrected chi connectivity index (χ4v) is 4.31. The van der Waals surface area contributed by atoms with E-state index >= 15 is 0 Å². The van der Waals surface area contributed by atoms with Crippen LogP contribution in [0.5, 0.6) is 11.5 Å². The minimum Gasteiger partial charge on any atom is -0.497 e. The summed E-state index contributed by atoms with van der Waals surface area (Å²) in [6.07, 6.45) is 0.758. The lowest BCUT2D eigenvalue weighted by Gasteiger charge is -2.42. The first kappa shape index (κ1) is 21.2. The molecule has 0 atom stereocenters. The number of nitrogens with zero attached hydrogens (tertiary/aromatic N) is 1. The molecule has 156 valence electrons. The summed E-state index contributed by atoms with van der Waals surface area (Å²) in [5.41, 5.74) is 0.515. The molecule has 1 aliphatic rings. The van der Waals surface area contributed by atoms with Crippen LogP contribution in [0.2, 0.25) is 0 Å². The van der Waals surface area contributed by atoms with Crippen molar-refractivity contribution in [2.24, 2.45) is 0 Å². The predicted octanol–water partition coefficient (Wildman–Crippen LogP) is 2.45. The van der Waals surface area contributed by atoms with Crippen LogP contribution in [0.15, 0.2) is 48.5 Å². The highest BCUT2D eigenvalue weighted by Gasteiger charge is 2.45. The standard InChI is InChI=1S/C20H25N2O6P/c1-27-16-7-5-6-15(14-16)20(19(23)21-29(24,25)26)10-12-22(13-11-20)17-8-3-4-9-18(17)28-2/h3-9,14H,10-13H2,1-2H3,(H3,21,23,24,25,26). The van der Waals surface area contributed by atoms with E-state index < -0.39 is 19.1 Å². The molecular formula is C20H25N2O6P. The van der Waals surface area contributed by atoms with Crippen LogP contribution in [-0.4, -0.2) is 43.0 Å². The summed E-state index contributed by atoms with van der Waals surface area (Å²) in [5.74, 6) is 0.637. The summed E-state index contributed by atoms with van der Waals surface area (Å²) in [5, 5.41) is 1.89. The SMILES string of the molecule is COc1cccc(C2(C(=O)NP(=O)(O)O)CCN(c3ccccc3OC)CC2)c1. The molecule has 0 aromatic heterocycles. The Labute approximate surface area is 169 Å². The van der Waals surface area contributed by atoms with Gasteiger partial charge in [-0.05, 0) is 42.7 Å². The summed E-state index contributed by atoms with van der Waals surface area (Å²) < 4.78 is 22.2. The van der Waals surface area contributed by atoms with Gasteiger partial charge in [0.2, 0.25) is 5.91 Å². The molecule has 0 radical (unpaired) electrons. The molecule has 1 fully saturated rings. The van der Waals surface area contributed by atoms with Crippen LogP contribution in [0.4, 0.5) is 5.69 Å². The van der Waals surface area contributed by atoms with Gasteiger partial charge in [0.1, 0.15) is 11.5 Å². The molecule has 0 unspecified atom stereocenters. The van der Waals surface area contributed by atoms with Gasteiger partial charge in [-0.25, -0.2) is 4.57 Å². The van der Waals surface area contributed by atoms with E-state index in [4.69, 9.17) is 9.47 Å². The number of hydrogen-bond donors (Lipinski definition) is 3. The predicted molar refractivity (Wildman–Crippen MR) is 109 cm³/mol. The molecular weight excluding hydrogens is 395 g/mol. The van der Waals surface area contributed by atoms with Crippen LogP contribution in [0.1, 0.15) is 18.4 Å². The lowest BCUT2D eigenvalue weighted by atomic mass is 9.72. The van der Waals surface area contributed by atoms with E-state index in [2.05, 4.69) is 4.90 Å². The first-order chi connectivity index (χ1) is 13.8. The molecule has 29 heavy (non-hydrogen) atoms. The van der Waals surface area contributed by atoms with Gasteiger partial charge >= 0.3 is 7.75 Å². The first-order valence-corrected chi connectivity index (χ1v) is 10.8. The highest BCUT2D eigenvalue weighted by molar-refractivity contribution is 7.50. The molecule has 1 saturated heterocycles. The van der Waals surface area contributed by atoms with Gasteiger partial charge in [0.15, 0.2) is 0 Å². The number of nitrogens with one attached hydrogen (secondary N) is 1. The lowest BCUT2D eigenvalue weighted by molar-refractivity contribution is -0.126. The van der Waals surface area contributed by atoms with Crippen LogP contribution in [0, 0.1) is 0 Å². The number of para-hydroxylation sites is 2. The zero-order valence-electron chi connectivity index (χ0n) is 16.4. The van der Waals surface area contributed by atoms with E-state index in [1.54, 1.807) is 31.4 Å². The van der Waals surface area contributed by atoms with Crippen molar-refractivity contribution in [3.63, 3.8) is 0 Å².